The normalized spacial score (nSPS) is 34.7. The highest BCUT2D eigenvalue weighted by atomic mass is 16.3. The number of carbonyl (C=O) groups is 2. The Balaban J connectivity index is 1.96. The number of phenolic OH excluding ortho intramolecular Hbond substituents is 1. The average Bonchev–Trinajstić information content (AvgIpc) is 2.53. The molecule has 0 bridgehead atoms. The third-order valence-electron chi connectivity index (χ3n) is 5.37. The number of hydrogen-bond acceptors (Lipinski definition) is 5. The molecule has 3 aliphatic carbocycles. The van der Waals surface area contributed by atoms with Crippen LogP contribution in [0.3, 0.4) is 0 Å². The molecule has 0 aromatic heterocycles. The van der Waals surface area contributed by atoms with Gasteiger partial charge in [-0.3, -0.25) is 9.59 Å². The molecule has 5 nitrogen and oxygen atoms in total. The molecule has 24 heavy (non-hydrogen) atoms. The summed E-state index contributed by atoms with van der Waals surface area (Å²) in [5.41, 5.74) is -0.663. The minimum Gasteiger partial charge on any atom is -0.508 e. The van der Waals surface area contributed by atoms with Crippen molar-refractivity contribution in [2.75, 3.05) is 0 Å². The first-order chi connectivity index (χ1) is 11.3. The molecule has 5 heteroatoms. The van der Waals surface area contributed by atoms with Gasteiger partial charge in [-0.05, 0) is 30.1 Å². The summed E-state index contributed by atoms with van der Waals surface area (Å²) in [5.74, 6) is -1.76. The van der Waals surface area contributed by atoms with Crippen LogP contribution in [0.25, 0.3) is 0 Å². The Kier molecular flexibility index (Phi) is 3.11. The number of Topliss-reactive ketones (excluding diaryl/α,β-unsaturated/α-hetero) is 2. The Labute approximate surface area is 138 Å². The zero-order chi connectivity index (χ0) is 17.2. The number of ketones is 2. The van der Waals surface area contributed by atoms with Crippen molar-refractivity contribution in [1.82, 2.24) is 0 Å². The predicted octanol–water partition coefficient (Wildman–Crippen LogP) is 1.83. The summed E-state index contributed by atoms with van der Waals surface area (Å²) >= 11 is 0. The lowest BCUT2D eigenvalue weighted by molar-refractivity contribution is -0.120. The van der Waals surface area contributed by atoms with Crippen LogP contribution in [0.15, 0.2) is 41.5 Å². The first kappa shape index (κ1) is 15.3. The maximum atomic E-state index is 13.0. The average molecular weight is 326 g/mol. The maximum absolute atomic E-state index is 13.0. The maximum Gasteiger partial charge on any atom is 0.174 e. The monoisotopic (exact) mass is 326 g/mol. The van der Waals surface area contributed by atoms with Gasteiger partial charge in [0, 0.05) is 23.1 Å². The van der Waals surface area contributed by atoms with E-state index in [9.17, 15) is 24.9 Å². The molecule has 3 N–H and O–H groups in total. The summed E-state index contributed by atoms with van der Waals surface area (Å²) in [4.78, 5) is 25.6. The van der Waals surface area contributed by atoms with Gasteiger partial charge in [0.15, 0.2) is 11.6 Å². The molecule has 0 spiro atoms. The molecule has 3 aliphatic rings. The highest BCUT2D eigenvalue weighted by Crippen LogP contribution is 2.52. The summed E-state index contributed by atoms with van der Waals surface area (Å²) in [6.45, 7) is 1.97. The molecule has 1 aromatic rings. The van der Waals surface area contributed by atoms with Crippen molar-refractivity contribution >= 4 is 11.6 Å². The lowest BCUT2D eigenvalue weighted by Crippen LogP contribution is -2.53. The summed E-state index contributed by atoms with van der Waals surface area (Å²) in [6, 6.07) is 4.39. The van der Waals surface area contributed by atoms with E-state index in [-0.39, 0.29) is 28.6 Å². The van der Waals surface area contributed by atoms with E-state index in [1.807, 2.05) is 6.92 Å². The Morgan fingerprint density at radius 2 is 1.96 bits per heavy atom. The van der Waals surface area contributed by atoms with Crippen LogP contribution in [0.2, 0.25) is 0 Å². The number of phenols is 1. The highest BCUT2D eigenvalue weighted by molar-refractivity contribution is 6.11. The number of benzene rings is 1. The van der Waals surface area contributed by atoms with Crippen LogP contribution in [0, 0.1) is 11.8 Å². The second-order valence-electron chi connectivity index (χ2n) is 7.03. The standard InChI is InChI=1S/C19H18O5/c1-9-7-10-5-6-19(24)16(14(10)13(21)8-9)17(22)11-3-2-4-12(20)15(11)18(19)23/h2-6,9,16,18,20,23-24H,7-8H2,1H3/t9-,16+,18-,19-/m0/s1. The topological polar surface area (TPSA) is 94.8 Å². The van der Waals surface area contributed by atoms with Crippen LogP contribution < -0.4 is 0 Å². The van der Waals surface area contributed by atoms with Crippen LogP contribution in [0.4, 0.5) is 0 Å². The first-order valence-corrected chi connectivity index (χ1v) is 8.06. The van der Waals surface area contributed by atoms with E-state index in [1.54, 1.807) is 6.08 Å². The van der Waals surface area contributed by atoms with Crippen molar-refractivity contribution in [2.24, 2.45) is 11.8 Å². The molecule has 4 rings (SSSR count). The fourth-order valence-electron chi connectivity index (χ4n) is 4.26. The molecule has 0 fully saturated rings. The van der Waals surface area contributed by atoms with E-state index in [0.717, 1.165) is 5.57 Å². The molecule has 0 saturated carbocycles. The smallest absolute Gasteiger partial charge is 0.174 e. The van der Waals surface area contributed by atoms with Crippen LogP contribution in [0.1, 0.15) is 41.8 Å². The summed E-state index contributed by atoms with van der Waals surface area (Å²) in [5, 5.41) is 31.8. The fraction of sp³-hybridized carbons (Fsp3) is 0.368. The Morgan fingerprint density at radius 1 is 1.21 bits per heavy atom. The molecule has 0 heterocycles. The highest BCUT2D eigenvalue weighted by Gasteiger charge is 2.56. The molecule has 0 amide bonds. The van der Waals surface area contributed by atoms with Crippen molar-refractivity contribution in [3.8, 4) is 5.75 Å². The van der Waals surface area contributed by atoms with Gasteiger partial charge in [-0.1, -0.05) is 25.1 Å². The van der Waals surface area contributed by atoms with Gasteiger partial charge in [0.2, 0.25) is 0 Å². The van der Waals surface area contributed by atoms with Gasteiger partial charge in [-0.15, -0.1) is 0 Å². The second-order valence-corrected chi connectivity index (χ2v) is 7.03. The zero-order valence-corrected chi connectivity index (χ0v) is 13.2. The summed E-state index contributed by atoms with van der Waals surface area (Å²) in [7, 11) is 0. The van der Waals surface area contributed by atoms with Gasteiger partial charge >= 0.3 is 0 Å². The van der Waals surface area contributed by atoms with Crippen molar-refractivity contribution in [1.29, 1.82) is 0 Å². The summed E-state index contributed by atoms with van der Waals surface area (Å²) < 4.78 is 0. The quantitative estimate of drug-likeness (QED) is 0.676. The van der Waals surface area contributed by atoms with E-state index >= 15 is 0 Å². The molecule has 124 valence electrons. The van der Waals surface area contributed by atoms with E-state index in [1.165, 1.54) is 24.3 Å². The third-order valence-corrected chi connectivity index (χ3v) is 5.37. The van der Waals surface area contributed by atoms with Gasteiger partial charge in [-0.2, -0.15) is 0 Å². The van der Waals surface area contributed by atoms with Crippen molar-refractivity contribution in [3.63, 3.8) is 0 Å². The van der Waals surface area contributed by atoms with E-state index in [2.05, 4.69) is 0 Å². The number of aliphatic hydroxyl groups is 2. The molecule has 0 saturated heterocycles. The minimum atomic E-state index is -1.92. The third kappa shape index (κ3) is 1.82. The van der Waals surface area contributed by atoms with Crippen LogP contribution in [-0.4, -0.2) is 32.5 Å². The van der Waals surface area contributed by atoms with Gasteiger partial charge in [-0.25, -0.2) is 0 Å². The SMILES string of the molecule is C[C@@H]1CC(=O)C2=C(C=C[C@]3(O)[C@H]2C(=O)c2cccc(O)c2[C@@H]3O)C1. The van der Waals surface area contributed by atoms with Gasteiger partial charge in [0.25, 0.3) is 0 Å². The van der Waals surface area contributed by atoms with E-state index < -0.39 is 23.4 Å². The van der Waals surface area contributed by atoms with E-state index in [4.69, 9.17) is 0 Å². The van der Waals surface area contributed by atoms with Crippen molar-refractivity contribution < 1.29 is 24.9 Å². The number of rotatable bonds is 0. The number of fused-ring (bicyclic) bond motifs is 3. The number of aliphatic hydroxyl groups excluding tert-OH is 1. The van der Waals surface area contributed by atoms with E-state index in [0.29, 0.717) is 18.4 Å². The van der Waals surface area contributed by atoms with Crippen LogP contribution in [-0.2, 0) is 4.79 Å². The second kappa shape index (κ2) is 4.88. The number of hydrogen-bond donors (Lipinski definition) is 3. The summed E-state index contributed by atoms with van der Waals surface area (Å²) in [6.07, 6.45) is 2.56. The van der Waals surface area contributed by atoms with Gasteiger partial charge in [0.05, 0.1) is 5.92 Å². The van der Waals surface area contributed by atoms with Gasteiger partial charge < -0.3 is 15.3 Å². The molecular formula is C19H18O5. The minimum absolute atomic E-state index is 0.0200. The Hall–Kier alpha value is -2.24. The Morgan fingerprint density at radius 3 is 2.71 bits per heavy atom. The predicted molar refractivity (Wildman–Crippen MR) is 85.4 cm³/mol. The molecule has 4 atom stereocenters. The largest absolute Gasteiger partial charge is 0.508 e. The van der Waals surface area contributed by atoms with Crippen molar-refractivity contribution in [3.05, 3.63) is 52.6 Å². The molecule has 0 unspecified atom stereocenters. The van der Waals surface area contributed by atoms with Crippen LogP contribution >= 0.6 is 0 Å². The molecule has 1 aromatic carbocycles. The lowest BCUT2D eigenvalue weighted by atomic mass is 9.61. The first-order valence-electron chi connectivity index (χ1n) is 8.06. The molecular weight excluding hydrogens is 308 g/mol. The fourth-order valence-corrected chi connectivity index (χ4v) is 4.26. The molecule has 0 aliphatic heterocycles. The zero-order valence-electron chi connectivity index (χ0n) is 13.2. The number of aromatic hydroxyl groups is 1. The Bertz CT molecular complexity index is 834. The molecule has 0 radical (unpaired) electrons. The number of allylic oxidation sites excluding steroid dienone is 2. The number of carbonyl (C=O) groups excluding carboxylic acids is 2. The lowest BCUT2D eigenvalue weighted by Gasteiger charge is -2.45. The van der Waals surface area contributed by atoms with Gasteiger partial charge in [0.1, 0.15) is 17.5 Å². The van der Waals surface area contributed by atoms with Crippen LogP contribution in [0.5, 0.6) is 5.75 Å². The van der Waals surface area contributed by atoms with Crippen molar-refractivity contribution in [2.45, 2.75) is 31.5 Å².